The highest BCUT2D eigenvalue weighted by molar-refractivity contribution is 9.10. The van der Waals surface area contributed by atoms with Crippen molar-refractivity contribution in [2.45, 2.75) is 12.8 Å². The van der Waals surface area contributed by atoms with Crippen LogP contribution in [0.4, 0.5) is 0 Å². The van der Waals surface area contributed by atoms with Crippen LogP contribution in [-0.2, 0) is 6.42 Å². The number of rotatable bonds is 3. The Morgan fingerprint density at radius 3 is 2.50 bits per heavy atom. The summed E-state index contributed by atoms with van der Waals surface area (Å²) >= 11 is 7.72. The molecule has 0 spiro atoms. The maximum absolute atomic E-state index is 5.90. The van der Waals surface area contributed by atoms with Crippen molar-refractivity contribution in [3.05, 3.63) is 46.4 Å². The zero-order chi connectivity index (χ0) is 12.5. The first kappa shape index (κ1) is 12.1. The van der Waals surface area contributed by atoms with E-state index in [4.69, 9.17) is 4.42 Å². The van der Waals surface area contributed by atoms with Crippen LogP contribution in [0, 0.1) is 0 Å². The summed E-state index contributed by atoms with van der Waals surface area (Å²) in [6.45, 7) is 0. The van der Waals surface area contributed by atoms with Gasteiger partial charge in [0.05, 0.1) is 0 Å². The molecule has 0 aliphatic heterocycles. The third-order valence-electron chi connectivity index (χ3n) is 3.12. The molecule has 3 heteroatoms. The zero-order valence-electron chi connectivity index (χ0n) is 9.82. The molecule has 0 saturated carbocycles. The smallest absolute Gasteiger partial charge is 0.136 e. The second-order valence-corrected chi connectivity index (χ2v) is 5.76. The topological polar surface area (TPSA) is 13.1 Å². The first-order valence-corrected chi connectivity index (χ1v) is 7.42. The van der Waals surface area contributed by atoms with Crippen molar-refractivity contribution in [1.29, 1.82) is 0 Å². The minimum absolute atomic E-state index is 0.922. The molecule has 18 heavy (non-hydrogen) atoms. The van der Waals surface area contributed by atoms with Crippen LogP contribution < -0.4 is 0 Å². The molecule has 92 valence electrons. The van der Waals surface area contributed by atoms with Gasteiger partial charge in [-0.1, -0.05) is 28.1 Å². The first-order valence-electron chi connectivity index (χ1n) is 5.99. The van der Waals surface area contributed by atoms with Crippen LogP contribution in [0.25, 0.3) is 21.9 Å². The van der Waals surface area contributed by atoms with Crippen LogP contribution >= 0.6 is 28.6 Å². The molecule has 0 amide bonds. The van der Waals surface area contributed by atoms with E-state index in [1.807, 2.05) is 12.1 Å². The van der Waals surface area contributed by atoms with Crippen molar-refractivity contribution in [3.63, 3.8) is 0 Å². The summed E-state index contributed by atoms with van der Waals surface area (Å²) < 4.78 is 6.95. The Bertz CT molecular complexity index is 702. The second kappa shape index (κ2) is 4.98. The first-order chi connectivity index (χ1) is 8.78. The zero-order valence-corrected chi connectivity index (χ0v) is 12.3. The van der Waals surface area contributed by atoms with Crippen molar-refractivity contribution in [2.75, 3.05) is 5.75 Å². The van der Waals surface area contributed by atoms with E-state index in [2.05, 4.69) is 52.8 Å². The molecule has 0 aliphatic rings. The SMILES string of the molecule is SCCCc1ccc2c(c1)oc1cc(Br)ccc12. The van der Waals surface area contributed by atoms with E-state index in [9.17, 15) is 0 Å². The quantitative estimate of drug-likeness (QED) is 0.654. The summed E-state index contributed by atoms with van der Waals surface area (Å²) in [4.78, 5) is 0. The lowest BCUT2D eigenvalue weighted by Gasteiger charge is -1.98. The fourth-order valence-electron chi connectivity index (χ4n) is 2.23. The molecule has 1 aromatic heterocycles. The Morgan fingerprint density at radius 1 is 1.00 bits per heavy atom. The highest BCUT2D eigenvalue weighted by atomic mass is 79.9. The normalized spacial score (nSPS) is 11.4. The third kappa shape index (κ3) is 2.17. The number of halogens is 1. The molecule has 0 atom stereocenters. The third-order valence-corrected chi connectivity index (χ3v) is 3.93. The Hall–Kier alpha value is -0.930. The molecule has 1 nitrogen and oxygen atoms in total. The fraction of sp³-hybridized carbons (Fsp3) is 0.200. The van der Waals surface area contributed by atoms with E-state index in [-0.39, 0.29) is 0 Å². The number of thiol groups is 1. The number of furan rings is 1. The summed E-state index contributed by atoms with van der Waals surface area (Å²) in [6.07, 6.45) is 2.15. The van der Waals surface area contributed by atoms with E-state index in [0.29, 0.717) is 0 Å². The van der Waals surface area contributed by atoms with Gasteiger partial charge in [0.15, 0.2) is 0 Å². The molecule has 0 saturated heterocycles. The van der Waals surface area contributed by atoms with E-state index in [0.717, 1.165) is 34.2 Å². The van der Waals surface area contributed by atoms with Gasteiger partial charge >= 0.3 is 0 Å². The average Bonchev–Trinajstić information content (AvgIpc) is 2.72. The van der Waals surface area contributed by atoms with Crippen LogP contribution in [0.1, 0.15) is 12.0 Å². The van der Waals surface area contributed by atoms with Gasteiger partial charge in [0.1, 0.15) is 11.2 Å². The van der Waals surface area contributed by atoms with Crippen LogP contribution in [0.2, 0.25) is 0 Å². The van der Waals surface area contributed by atoms with Gasteiger partial charge in [-0.25, -0.2) is 0 Å². The number of aryl methyl sites for hydroxylation is 1. The van der Waals surface area contributed by atoms with Crippen molar-refractivity contribution in [2.24, 2.45) is 0 Å². The standard InChI is InChI=1S/C15H13BrOS/c16-11-4-6-13-12-5-3-10(2-1-7-18)8-14(12)17-15(13)9-11/h3-6,8-9,18H,1-2,7H2. The minimum Gasteiger partial charge on any atom is -0.456 e. The van der Waals surface area contributed by atoms with Crippen LogP contribution in [-0.4, -0.2) is 5.75 Å². The summed E-state index contributed by atoms with van der Waals surface area (Å²) in [5, 5.41) is 2.36. The predicted octanol–water partition coefficient (Wildman–Crippen LogP) is 5.21. The van der Waals surface area contributed by atoms with E-state index >= 15 is 0 Å². The molecule has 0 N–H and O–H groups in total. The molecular formula is C15H13BrOS. The number of hydrogen-bond acceptors (Lipinski definition) is 2. The lowest BCUT2D eigenvalue weighted by molar-refractivity contribution is 0.667. The lowest BCUT2D eigenvalue weighted by atomic mass is 10.1. The van der Waals surface area contributed by atoms with Gasteiger partial charge in [-0.15, -0.1) is 0 Å². The molecule has 0 radical (unpaired) electrons. The number of benzene rings is 2. The average molecular weight is 321 g/mol. The summed E-state index contributed by atoms with van der Waals surface area (Å²) in [5.74, 6) is 0.922. The van der Waals surface area contributed by atoms with Crippen LogP contribution in [0.3, 0.4) is 0 Å². The van der Waals surface area contributed by atoms with Crippen molar-refractivity contribution in [3.8, 4) is 0 Å². The molecule has 1 heterocycles. The van der Waals surface area contributed by atoms with Crippen LogP contribution in [0.5, 0.6) is 0 Å². The highest BCUT2D eigenvalue weighted by Crippen LogP contribution is 2.31. The van der Waals surface area contributed by atoms with Gasteiger partial charge in [-0.05, 0) is 48.4 Å². The Balaban J connectivity index is 2.14. The second-order valence-electron chi connectivity index (χ2n) is 4.40. The van der Waals surface area contributed by atoms with Gasteiger partial charge in [0, 0.05) is 15.2 Å². The van der Waals surface area contributed by atoms with Gasteiger partial charge in [0.2, 0.25) is 0 Å². The van der Waals surface area contributed by atoms with Crippen molar-refractivity contribution < 1.29 is 4.42 Å². The fourth-order valence-corrected chi connectivity index (χ4v) is 2.73. The van der Waals surface area contributed by atoms with Crippen molar-refractivity contribution >= 4 is 50.5 Å². The van der Waals surface area contributed by atoms with Crippen molar-refractivity contribution in [1.82, 2.24) is 0 Å². The molecule has 3 aromatic rings. The molecule has 3 rings (SSSR count). The van der Waals surface area contributed by atoms with E-state index in [1.165, 1.54) is 16.3 Å². The Kier molecular flexibility index (Phi) is 3.35. The molecule has 2 aromatic carbocycles. The van der Waals surface area contributed by atoms with Gasteiger partial charge in [-0.3, -0.25) is 0 Å². The van der Waals surface area contributed by atoms with Gasteiger partial charge in [0.25, 0.3) is 0 Å². The highest BCUT2D eigenvalue weighted by Gasteiger charge is 2.07. The molecular weight excluding hydrogens is 308 g/mol. The monoisotopic (exact) mass is 320 g/mol. The Morgan fingerprint density at radius 2 is 1.72 bits per heavy atom. The van der Waals surface area contributed by atoms with Gasteiger partial charge in [-0.2, -0.15) is 12.6 Å². The minimum atomic E-state index is 0.922. The number of fused-ring (bicyclic) bond motifs is 3. The van der Waals surface area contributed by atoms with Crippen LogP contribution in [0.15, 0.2) is 45.3 Å². The largest absolute Gasteiger partial charge is 0.456 e. The Labute approximate surface area is 120 Å². The van der Waals surface area contributed by atoms with Gasteiger partial charge < -0.3 is 4.42 Å². The van der Waals surface area contributed by atoms with E-state index in [1.54, 1.807) is 0 Å². The van der Waals surface area contributed by atoms with E-state index < -0.39 is 0 Å². The summed E-state index contributed by atoms with van der Waals surface area (Å²) in [5.41, 5.74) is 3.22. The molecule has 0 unspecified atom stereocenters. The summed E-state index contributed by atoms with van der Waals surface area (Å²) in [7, 11) is 0. The summed E-state index contributed by atoms with van der Waals surface area (Å²) in [6, 6.07) is 12.6. The maximum atomic E-state index is 5.90. The molecule has 0 bridgehead atoms. The molecule has 0 aliphatic carbocycles. The molecule has 0 fully saturated rings. The maximum Gasteiger partial charge on any atom is 0.136 e. The predicted molar refractivity (Wildman–Crippen MR) is 83.6 cm³/mol. The lowest BCUT2D eigenvalue weighted by Crippen LogP contribution is -1.85. The number of hydrogen-bond donors (Lipinski definition) is 1.